The summed E-state index contributed by atoms with van der Waals surface area (Å²) in [6.07, 6.45) is 2.91. The molecule has 4 nitrogen and oxygen atoms in total. The van der Waals surface area contributed by atoms with Crippen LogP contribution >= 0.6 is 11.3 Å². The molecule has 0 aliphatic heterocycles. The lowest BCUT2D eigenvalue weighted by Crippen LogP contribution is -2.31. The van der Waals surface area contributed by atoms with E-state index < -0.39 is 10.0 Å². The molecule has 1 aromatic carbocycles. The zero-order chi connectivity index (χ0) is 16.9. The van der Waals surface area contributed by atoms with E-state index in [1.165, 1.54) is 21.3 Å². The summed E-state index contributed by atoms with van der Waals surface area (Å²) >= 11 is 1.78. The van der Waals surface area contributed by atoms with Crippen molar-refractivity contribution in [2.45, 2.75) is 45.3 Å². The number of sulfonamides is 1. The van der Waals surface area contributed by atoms with E-state index in [0.29, 0.717) is 6.54 Å². The number of fused-ring (bicyclic) bond motifs is 1. The molecule has 0 fully saturated rings. The average Bonchev–Trinajstić information content (AvgIpc) is 2.97. The number of benzene rings is 1. The third kappa shape index (κ3) is 4.93. The SMILES string of the molecule is Cc1c(NCCCCCNS(=O)(=O)C(C)C)ccc2ccsc12. The van der Waals surface area contributed by atoms with Gasteiger partial charge in [0.1, 0.15) is 0 Å². The van der Waals surface area contributed by atoms with Crippen LogP contribution in [0.25, 0.3) is 10.1 Å². The van der Waals surface area contributed by atoms with Crippen molar-refractivity contribution >= 4 is 37.1 Å². The summed E-state index contributed by atoms with van der Waals surface area (Å²) in [5.74, 6) is 0. The molecule has 1 heterocycles. The van der Waals surface area contributed by atoms with Crippen molar-refractivity contribution in [2.24, 2.45) is 0 Å². The number of aryl methyl sites for hydroxylation is 1. The first-order valence-corrected chi connectivity index (χ1v) is 10.5. The van der Waals surface area contributed by atoms with Crippen molar-refractivity contribution in [3.63, 3.8) is 0 Å². The third-order valence-electron chi connectivity index (χ3n) is 3.96. The Bertz CT molecular complexity index is 736. The average molecular weight is 355 g/mol. The lowest BCUT2D eigenvalue weighted by atomic mass is 10.1. The predicted octanol–water partition coefficient (Wildman–Crippen LogP) is 4.12. The monoisotopic (exact) mass is 354 g/mol. The Balaban J connectivity index is 1.68. The fourth-order valence-electron chi connectivity index (χ4n) is 2.40. The van der Waals surface area contributed by atoms with Crippen molar-refractivity contribution in [1.82, 2.24) is 4.72 Å². The van der Waals surface area contributed by atoms with Crippen LogP contribution in [-0.4, -0.2) is 26.8 Å². The van der Waals surface area contributed by atoms with Gasteiger partial charge in [0.25, 0.3) is 0 Å². The molecular formula is C17H26N2O2S2. The minimum absolute atomic E-state index is 0.362. The second-order valence-electron chi connectivity index (χ2n) is 6.05. The Morgan fingerprint density at radius 2 is 1.83 bits per heavy atom. The number of thiophene rings is 1. The van der Waals surface area contributed by atoms with Gasteiger partial charge in [0.2, 0.25) is 10.0 Å². The highest BCUT2D eigenvalue weighted by atomic mass is 32.2. The van der Waals surface area contributed by atoms with Crippen LogP contribution in [0.2, 0.25) is 0 Å². The minimum Gasteiger partial charge on any atom is -0.385 e. The fourth-order valence-corrected chi connectivity index (χ4v) is 4.07. The van der Waals surface area contributed by atoms with Crippen LogP contribution in [0.1, 0.15) is 38.7 Å². The van der Waals surface area contributed by atoms with Crippen LogP contribution in [0.15, 0.2) is 23.6 Å². The van der Waals surface area contributed by atoms with Gasteiger partial charge < -0.3 is 5.32 Å². The van der Waals surface area contributed by atoms with E-state index in [4.69, 9.17) is 0 Å². The van der Waals surface area contributed by atoms with Crippen LogP contribution in [-0.2, 0) is 10.0 Å². The summed E-state index contributed by atoms with van der Waals surface area (Å²) < 4.78 is 27.2. The van der Waals surface area contributed by atoms with Gasteiger partial charge in [0.15, 0.2) is 0 Å². The normalized spacial score (nSPS) is 12.2. The van der Waals surface area contributed by atoms with Crippen LogP contribution in [0.3, 0.4) is 0 Å². The molecule has 0 saturated heterocycles. The van der Waals surface area contributed by atoms with Crippen LogP contribution in [0.5, 0.6) is 0 Å². The highest BCUT2D eigenvalue weighted by Crippen LogP contribution is 2.29. The Morgan fingerprint density at radius 3 is 2.57 bits per heavy atom. The predicted molar refractivity (Wildman–Crippen MR) is 101 cm³/mol. The Labute approximate surface area is 143 Å². The Kier molecular flexibility index (Phi) is 6.44. The number of nitrogens with one attached hydrogen (secondary N) is 2. The third-order valence-corrected chi connectivity index (χ3v) is 6.86. The lowest BCUT2D eigenvalue weighted by molar-refractivity contribution is 0.566. The van der Waals surface area contributed by atoms with Gasteiger partial charge >= 0.3 is 0 Å². The van der Waals surface area contributed by atoms with Gasteiger partial charge in [-0.3, -0.25) is 0 Å². The molecule has 6 heteroatoms. The molecule has 0 spiro atoms. The van der Waals surface area contributed by atoms with Gasteiger partial charge in [-0.05, 0) is 62.1 Å². The zero-order valence-corrected chi connectivity index (χ0v) is 15.7. The van der Waals surface area contributed by atoms with E-state index in [1.807, 2.05) is 0 Å². The molecule has 128 valence electrons. The Morgan fingerprint density at radius 1 is 1.09 bits per heavy atom. The maximum Gasteiger partial charge on any atom is 0.213 e. The molecule has 23 heavy (non-hydrogen) atoms. The largest absolute Gasteiger partial charge is 0.385 e. The molecule has 0 radical (unpaired) electrons. The van der Waals surface area contributed by atoms with E-state index >= 15 is 0 Å². The number of unbranched alkanes of at least 4 members (excludes halogenated alkanes) is 2. The fraction of sp³-hybridized carbons (Fsp3) is 0.529. The van der Waals surface area contributed by atoms with Gasteiger partial charge in [-0.15, -0.1) is 11.3 Å². The van der Waals surface area contributed by atoms with E-state index in [-0.39, 0.29) is 5.25 Å². The molecular weight excluding hydrogens is 328 g/mol. The summed E-state index contributed by atoms with van der Waals surface area (Å²) in [6.45, 7) is 6.98. The molecule has 0 amide bonds. The van der Waals surface area contributed by atoms with Gasteiger partial charge in [0.05, 0.1) is 5.25 Å². The topological polar surface area (TPSA) is 58.2 Å². The summed E-state index contributed by atoms with van der Waals surface area (Å²) in [7, 11) is -3.12. The molecule has 0 unspecified atom stereocenters. The van der Waals surface area contributed by atoms with E-state index in [2.05, 4.69) is 40.5 Å². The number of rotatable bonds is 9. The van der Waals surface area contributed by atoms with Gasteiger partial charge in [0, 0.05) is 23.5 Å². The number of hydrogen-bond acceptors (Lipinski definition) is 4. The van der Waals surface area contributed by atoms with E-state index in [9.17, 15) is 8.42 Å². The maximum atomic E-state index is 11.6. The molecule has 0 atom stereocenters. The van der Waals surface area contributed by atoms with Crippen molar-refractivity contribution in [3.8, 4) is 0 Å². The first-order chi connectivity index (χ1) is 10.9. The maximum absolute atomic E-state index is 11.6. The van der Waals surface area contributed by atoms with Crippen molar-refractivity contribution in [3.05, 3.63) is 29.1 Å². The van der Waals surface area contributed by atoms with Gasteiger partial charge in [-0.2, -0.15) is 0 Å². The van der Waals surface area contributed by atoms with Crippen molar-refractivity contribution < 1.29 is 8.42 Å². The minimum atomic E-state index is -3.12. The molecule has 1 aromatic heterocycles. The second kappa shape index (κ2) is 8.13. The molecule has 2 aromatic rings. The quantitative estimate of drug-likeness (QED) is 0.666. The van der Waals surface area contributed by atoms with Crippen molar-refractivity contribution in [1.29, 1.82) is 0 Å². The van der Waals surface area contributed by atoms with Crippen molar-refractivity contribution in [2.75, 3.05) is 18.4 Å². The van der Waals surface area contributed by atoms with E-state index in [1.54, 1.807) is 25.2 Å². The number of hydrogen-bond donors (Lipinski definition) is 2. The zero-order valence-electron chi connectivity index (χ0n) is 14.1. The molecule has 0 aliphatic rings. The van der Waals surface area contributed by atoms with Gasteiger partial charge in [-0.25, -0.2) is 13.1 Å². The summed E-state index contributed by atoms with van der Waals surface area (Å²) in [4.78, 5) is 0. The molecule has 0 aliphatic carbocycles. The standard InChI is InChI=1S/C17H26N2O2S2/c1-13(2)23(20,21)19-11-6-4-5-10-18-16-8-7-15-9-12-22-17(15)14(16)3/h7-9,12-13,18-19H,4-6,10-11H2,1-3H3. The van der Waals surface area contributed by atoms with Crippen LogP contribution in [0.4, 0.5) is 5.69 Å². The molecule has 2 N–H and O–H groups in total. The van der Waals surface area contributed by atoms with Crippen LogP contribution < -0.4 is 10.0 Å². The summed E-state index contributed by atoms with van der Waals surface area (Å²) in [5, 5.41) is 6.55. The number of anilines is 1. The lowest BCUT2D eigenvalue weighted by Gasteiger charge is -2.11. The Hall–Kier alpha value is -1.11. The first-order valence-electron chi connectivity index (χ1n) is 8.11. The summed E-state index contributed by atoms with van der Waals surface area (Å²) in [6, 6.07) is 6.44. The summed E-state index contributed by atoms with van der Waals surface area (Å²) in [5.41, 5.74) is 2.50. The highest BCUT2D eigenvalue weighted by molar-refractivity contribution is 7.90. The molecule has 0 bridgehead atoms. The second-order valence-corrected chi connectivity index (χ2v) is 9.29. The first kappa shape index (κ1) is 18.2. The molecule has 2 rings (SSSR count). The van der Waals surface area contributed by atoms with Crippen LogP contribution in [0, 0.1) is 6.92 Å². The highest BCUT2D eigenvalue weighted by Gasteiger charge is 2.13. The molecule has 0 saturated carbocycles. The van der Waals surface area contributed by atoms with Gasteiger partial charge in [-0.1, -0.05) is 12.5 Å². The van der Waals surface area contributed by atoms with E-state index in [0.717, 1.165) is 25.8 Å². The smallest absolute Gasteiger partial charge is 0.213 e.